The van der Waals surface area contributed by atoms with Crippen LogP contribution in [-0.4, -0.2) is 11.1 Å². The van der Waals surface area contributed by atoms with Crippen molar-refractivity contribution in [1.29, 1.82) is 0 Å². The third-order valence-electron chi connectivity index (χ3n) is 2.90. The van der Waals surface area contributed by atoms with Gasteiger partial charge in [-0.15, -0.1) is 0 Å². The number of nitrogens with one attached hydrogen (secondary N) is 1. The summed E-state index contributed by atoms with van der Waals surface area (Å²) in [4.78, 5) is 11.7. The predicted octanol–water partition coefficient (Wildman–Crippen LogP) is 2.54. The van der Waals surface area contributed by atoms with E-state index < -0.39 is 0 Å². The number of carbonyl (C=O) groups is 1. The second kappa shape index (κ2) is 6.18. The van der Waals surface area contributed by atoms with Gasteiger partial charge >= 0.3 is 0 Å². The number of carbonyl (C=O) groups excluding carboxylic acids is 1. The minimum atomic E-state index is 0.0289. The van der Waals surface area contributed by atoms with Gasteiger partial charge in [0.05, 0.1) is 6.54 Å². The molecule has 1 heterocycles. The molecule has 0 bridgehead atoms. The standard InChI is InChI=1S/C15H18N2O2/c1-11-3-5-13(6-4-11)7-8-15(18)16-10-14-9-12(2)19-17-14/h3-6,9H,7-8,10H2,1-2H3,(H,16,18). The molecule has 0 atom stereocenters. The van der Waals surface area contributed by atoms with E-state index in [1.54, 1.807) is 0 Å². The molecule has 2 aromatic rings. The van der Waals surface area contributed by atoms with Gasteiger partial charge in [-0.25, -0.2) is 0 Å². The van der Waals surface area contributed by atoms with Gasteiger partial charge in [-0.05, 0) is 25.8 Å². The Morgan fingerprint density at radius 3 is 2.63 bits per heavy atom. The number of benzene rings is 1. The molecule has 0 spiro atoms. The highest BCUT2D eigenvalue weighted by atomic mass is 16.5. The van der Waals surface area contributed by atoms with Crippen LogP contribution in [0.2, 0.25) is 0 Å². The highest BCUT2D eigenvalue weighted by Crippen LogP contribution is 2.06. The number of hydrogen-bond donors (Lipinski definition) is 1. The van der Waals surface area contributed by atoms with Crippen LogP contribution >= 0.6 is 0 Å². The van der Waals surface area contributed by atoms with E-state index in [-0.39, 0.29) is 5.91 Å². The lowest BCUT2D eigenvalue weighted by atomic mass is 10.1. The van der Waals surface area contributed by atoms with E-state index in [1.165, 1.54) is 11.1 Å². The first-order valence-corrected chi connectivity index (χ1v) is 6.38. The molecule has 1 N–H and O–H groups in total. The van der Waals surface area contributed by atoms with Crippen molar-refractivity contribution in [3.63, 3.8) is 0 Å². The Kier molecular flexibility index (Phi) is 4.34. The molecule has 2 rings (SSSR count). The van der Waals surface area contributed by atoms with Crippen molar-refractivity contribution in [2.24, 2.45) is 0 Å². The van der Waals surface area contributed by atoms with E-state index >= 15 is 0 Å². The summed E-state index contributed by atoms with van der Waals surface area (Å²) in [5, 5.41) is 6.66. The highest BCUT2D eigenvalue weighted by Gasteiger charge is 2.04. The van der Waals surface area contributed by atoms with Crippen molar-refractivity contribution < 1.29 is 9.32 Å². The molecule has 0 saturated heterocycles. The van der Waals surface area contributed by atoms with Crippen molar-refractivity contribution >= 4 is 5.91 Å². The second-order valence-electron chi connectivity index (χ2n) is 4.69. The first-order valence-electron chi connectivity index (χ1n) is 6.38. The van der Waals surface area contributed by atoms with Crippen molar-refractivity contribution in [1.82, 2.24) is 10.5 Å². The molecular formula is C15H18N2O2. The van der Waals surface area contributed by atoms with E-state index in [0.29, 0.717) is 13.0 Å². The van der Waals surface area contributed by atoms with Crippen molar-refractivity contribution in [3.8, 4) is 0 Å². The van der Waals surface area contributed by atoms with Crippen molar-refractivity contribution in [2.45, 2.75) is 33.2 Å². The maximum Gasteiger partial charge on any atom is 0.220 e. The maximum absolute atomic E-state index is 11.7. The van der Waals surface area contributed by atoms with Crippen LogP contribution in [-0.2, 0) is 17.8 Å². The Hall–Kier alpha value is -2.10. The van der Waals surface area contributed by atoms with Crippen LogP contribution in [0.1, 0.15) is 29.0 Å². The van der Waals surface area contributed by atoms with Crippen LogP contribution < -0.4 is 5.32 Å². The van der Waals surface area contributed by atoms with Crippen LogP contribution in [0.15, 0.2) is 34.9 Å². The van der Waals surface area contributed by atoms with Crippen LogP contribution in [0.25, 0.3) is 0 Å². The number of rotatable bonds is 5. The van der Waals surface area contributed by atoms with Crippen LogP contribution in [0.3, 0.4) is 0 Å². The van der Waals surface area contributed by atoms with Gasteiger partial charge < -0.3 is 9.84 Å². The topological polar surface area (TPSA) is 55.1 Å². The Labute approximate surface area is 112 Å². The Balaban J connectivity index is 1.74. The quantitative estimate of drug-likeness (QED) is 0.896. The molecule has 0 unspecified atom stereocenters. The largest absolute Gasteiger partial charge is 0.361 e. The third kappa shape index (κ3) is 4.25. The molecule has 0 saturated carbocycles. The zero-order valence-electron chi connectivity index (χ0n) is 11.3. The van der Waals surface area contributed by atoms with Crippen molar-refractivity contribution in [3.05, 3.63) is 52.9 Å². The van der Waals surface area contributed by atoms with E-state index in [9.17, 15) is 4.79 Å². The van der Waals surface area contributed by atoms with E-state index in [2.05, 4.69) is 41.7 Å². The number of aryl methyl sites for hydroxylation is 3. The molecule has 1 aromatic heterocycles. The predicted molar refractivity (Wildman–Crippen MR) is 72.6 cm³/mol. The molecule has 0 aliphatic heterocycles. The van der Waals surface area contributed by atoms with Crippen LogP contribution in [0.4, 0.5) is 0 Å². The molecule has 1 aromatic carbocycles. The van der Waals surface area contributed by atoms with E-state index in [0.717, 1.165) is 17.9 Å². The summed E-state index contributed by atoms with van der Waals surface area (Å²) in [6.07, 6.45) is 1.24. The summed E-state index contributed by atoms with van der Waals surface area (Å²) in [5.74, 6) is 0.783. The molecule has 0 aliphatic rings. The maximum atomic E-state index is 11.7. The van der Waals surface area contributed by atoms with Crippen LogP contribution in [0.5, 0.6) is 0 Å². The number of aromatic nitrogens is 1. The molecule has 4 heteroatoms. The summed E-state index contributed by atoms with van der Waals surface area (Å²) in [6, 6.07) is 10.1. The van der Waals surface area contributed by atoms with Gasteiger partial charge in [0, 0.05) is 12.5 Å². The molecule has 0 radical (unpaired) electrons. The number of hydrogen-bond acceptors (Lipinski definition) is 3. The van der Waals surface area contributed by atoms with E-state index in [4.69, 9.17) is 4.52 Å². The number of amides is 1. The van der Waals surface area contributed by atoms with Gasteiger partial charge in [-0.2, -0.15) is 0 Å². The lowest BCUT2D eigenvalue weighted by molar-refractivity contribution is -0.121. The van der Waals surface area contributed by atoms with Gasteiger partial charge in [0.2, 0.25) is 5.91 Å². The average Bonchev–Trinajstić information content (AvgIpc) is 2.81. The summed E-state index contributed by atoms with van der Waals surface area (Å²) >= 11 is 0. The molecule has 19 heavy (non-hydrogen) atoms. The van der Waals surface area contributed by atoms with E-state index in [1.807, 2.05) is 13.0 Å². The molecule has 100 valence electrons. The highest BCUT2D eigenvalue weighted by molar-refractivity contribution is 5.76. The lowest BCUT2D eigenvalue weighted by Gasteiger charge is -2.03. The molecule has 4 nitrogen and oxygen atoms in total. The smallest absolute Gasteiger partial charge is 0.220 e. The minimum absolute atomic E-state index is 0.0289. The molecule has 0 fully saturated rings. The second-order valence-corrected chi connectivity index (χ2v) is 4.69. The summed E-state index contributed by atoms with van der Waals surface area (Å²) in [7, 11) is 0. The molecule has 0 aliphatic carbocycles. The summed E-state index contributed by atoms with van der Waals surface area (Å²) in [5.41, 5.74) is 3.16. The SMILES string of the molecule is Cc1ccc(CCC(=O)NCc2cc(C)on2)cc1. The van der Waals surface area contributed by atoms with Gasteiger partial charge in [0.15, 0.2) is 0 Å². The van der Waals surface area contributed by atoms with Crippen LogP contribution in [0, 0.1) is 13.8 Å². The Bertz CT molecular complexity index is 544. The van der Waals surface area contributed by atoms with Gasteiger partial charge in [0.1, 0.15) is 11.5 Å². The summed E-state index contributed by atoms with van der Waals surface area (Å²) < 4.78 is 4.94. The average molecular weight is 258 g/mol. The summed E-state index contributed by atoms with van der Waals surface area (Å²) in [6.45, 7) is 4.30. The molecular weight excluding hydrogens is 240 g/mol. The Morgan fingerprint density at radius 2 is 2.00 bits per heavy atom. The molecule has 1 amide bonds. The first kappa shape index (κ1) is 13.3. The zero-order valence-corrected chi connectivity index (χ0v) is 11.3. The van der Waals surface area contributed by atoms with Gasteiger partial charge in [-0.3, -0.25) is 4.79 Å². The third-order valence-corrected chi connectivity index (χ3v) is 2.90. The number of nitrogens with zero attached hydrogens (tertiary/aromatic N) is 1. The normalized spacial score (nSPS) is 10.4. The lowest BCUT2D eigenvalue weighted by Crippen LogP contribution is -2.23. The van der Waals surface area contributed by atoms with Gasteiger partial charge in [0.25, 0.3) is 0 Å². The fraction of sp³-hybridized carbons (Fsp3) is 0.333. The minimum Gasteiger partial charge on any atom is -0.361 e. The Morgan fingerprint density at radius 1 is 1.26 bits per heavy atom. The van der Waals surface area contributed by atoms with Gasteiger partial charge in [-0.1, -0.05) is 35.0 Å². The fourth-order valence-corrected chi connectivity index (χ4v) is 1.79. The first-order chi connectivity index (χ1) is 9.13. The zero-order chi connectivity index (χ0) is 13.7. The monoisotopic (exact) mass is 258 g/mol. The fourth-order valence-electron chi connectivity index (χ4n) is 1.79. The van der Waals surface area contributed by atoms with Crippen molar-refractivity contribution in [2.75, 3.05) is 0 Å².